The van der Waals surface area contributed by atoms with Crippen molar-refractivity contribution in [3.05, 3.63) is 54.1 Å². The fourth-order valence-electron chi connectivity index (χ4n) is 2.64. The molecule has 2 rings (SSSR count). The molecule has 128 valence electrons. The minimum atomic E-state index is -1.01. The van der Waals surface area contributed by atoms with Crippen molar-refractivity contribution in [1.29, 1.82) is 0 Å². The van der Waals surface area contributed by atoms with E-state index < -0.39 is 5.97 Å². The molecule has 0 unspecified atom stereocenters. The van der Waals surface area contributed by atoms with Crippen molar-refractivity contribution >= 4 is 18.0 Å². The number of hydrogen-bond acceptors (Lipinski definition) is 4. The Labute approximate surface area is 141 Å². The van der Waals surface area contributed by atoms with E-state index in [-0.39, 0.29) is 18.2 Å². The summed E-state index contributed by atoms with van der Waals surface area (Å²) in [6.07, 6.45) is 7.77. The Balaban J connectivity index is 1.82. The van der Waals surface area contributed by atoms with Crippen LogP contribution in [0.2, 0.25) is 0 Å². The number of carbonyl (C=O) groups is 2. The Morgan fingerprint density at radius 3 is 2.33 bits per heavy atom. The number of ether oxygens (including phenoxy) is 2. The number of aliphatic carboxylic acids is 1. The van der Waals surface area contributed by atoms with Gasteiger partial charge in [0.05, 0.1) is 18.3 Å². The van der Waals surface area contributed by atoms with Crippen molar-refractivity contribution in [2.75, 3.05) is 6.61 Å². The summed E-state index contributed by atoms with van der Waals surface area (Å²) in [6.45, 7) is 4.19. The monoisotopic (exact) mass is 330 g/mol. The molecule has 0 atom stereocenters. The standard InChI is InChI=1S/C19H22O5/c1-2-13-23-16-8-10-17(11-9-16)24-19(22)15-6-3-14(4-7-15)5-12-18(20)21/h2-7,12,16-17H,1,8-11,13H2,(H,20,21). The van der Waals surface area contributed by atoms with E-state index >= 15 is 0 Å². The van der Waals surface area contributed by atoms with Gasteiger partial charge in [-0.05, 0) is 49.5 Å². The van der Waals surface area contributed by atoms with E-state index in [0.29, 0.717) is 17.7 Å². The van der Waals surface area contributed by atoms with Crippen LogP contribution in [0.5, 0.6) is 0 Å². The molecule has 0 spiro atoms. The zero-order valence-electron chi connectivity index (χ0n) is 13.5. The third-order valence-corrected chi connectivity index (χ3v) is 3.91. The molecular weight excluding hydrogens is 308 g/mol. The molecule has 1 aromatic carbocycles. The minimum Gasteiger partial charge on any atom is -0.478 e. The predicted molar refractivity (Wildman–Crippen MR) is 90.7 cm³/mol. The highest BCUT2D eigenvalue weighted by molar-refractivity contribution is 5.90. The number of carboxylic acid groups (broad SMARTS) is 1. The molecule has 1 aliphatic carbocycles. The van der Waals surface area contributed by atoms with E-state index in [1.165, 1.54) is 6.08 Å². The highest BCUT2D eigenvalue weighted by atomic mass is 16.5. The quantitative estimate of drug-likeness (QED) is 0.471. The first-order valence-corrected chi connectivity index (χ1v) is 8.03. The fourth-order valence-corrected chi connectivity index (χ4v) is 2.64. The number of carbonyl (C=O) groups excluding carboxylic acids is 1. The lowest BCUT2D eigenvalue weighted by Gasteiger charge is -2.28. The predicted octanol–water partition coefficient (Wildman–Crippen LogP) is 3.46. The van der Waals surface area contributed by atoms with Gasteiger partial charge in [-0.15, -0.1) is 6.58 Å². The summed E-state index contributed by atoms with van der Waals surface area (Å²) < 4.78 is 11.2. The molecule has 24 heavy (non-hydrogen) atoms. The van der Waals surface area contributed by atoms with Gasteiger partial charge in [-0.1, -0.05) is 18.2 Å². The molecule has 5 nitrogen and oxygen atoms in total. The van der Waals surface area contributed by atoms with Gasteiger partial charge in [-0.25, -0.2) is 9.59 Å². The maximum absolute atomic E-state index is 12.2. The summed E-state index contributed by atoms with van der Waals surface area (Å²) in [7, 11) is 0. The lowest BCUT2D eigenvalue weighted by molar-refractivity contribution is -0.131. The van der Waals surface area contributed by atoms with Gasteiger partial charge in [0.1, 0.15) is 6.10 Å². The van der Waals surface area contributed by atoms with Crippen LogP contribution in [-0.4, -0.2) is 35.9 Å². The topological polar surface area (TPSA) is 72.8 Å². The van der Waals surface area contributed by atoms with Crippen molar-refractivity contribution < 1.29 is 24.2 Å². The van der Waals surface area contributed by atoms with E-state index in [4.69, 9.17) is 14.6 Å². The highest BCUT2D eigenvalue weighted by Gasteiger charge is 2.24. The van der Waals surface area contributed by atoms with Crippen LogP contribution in [0.15, 0.2) is 43.0 Å². The molecule has 1 aromatic rings. The number of esters is 1. The lowest BCUT2D eigenvalue weighted by Crippen LogP contribution is -2.28. The highest BCUT2D eigenvalue weighted by Crippen LogP contribution is 2.24. The van der Waals surface area contributed by atoms with Crippen LogP contribution < -0.4 is 0 Å². The summed E-state index contributed by atoms with van der Waals surface area (Å²) in [5.41, 5.74) is 1.18. The van der Waals surface area contributed by atoms with E-state index in [9.17, 15) is 9.59 Å². The number of hydrogen-bond donors (Lipinski definition) is 1. The fraction of sp³-hybridized carbons (Fsp3) is 0.368. The molecule has 1 saturated carbocycles. The molecule has 0 radical (unpaired) electrons. The van der Waals surface area contributed by atoms with E-state index in [2.05, 4.69) is 6.58 Å². The van der Waals surface area contributed by atoms with Crippen molar-refractivity contribution in [1.82, 2.24) is 0 Å². The van der Waals surface area contributed by atoms with Crippen molar-refractivity contribution in [3.63, 3.8) is 0 Å². The van der Waals surface area contributed by atoms with Gasteiger partial charge < -0.3 is 14.6 Å². The van der Waals surface area contributed by atoms with Crippen molar-refractivity contribution in [3.8, 4) is 0 Å². The zero-order valence-corrected chi connectivity index (χ0v) is 13.5. The Morgan fingerprint density at radius 1 is 1.12 bits per heavy atom. The van der Waals surface area contributed by atoms with Crippen LogP contribution in [0, 0.1) is 0 Å². The molecule has 0 bridgehead atoms. The minimum absolute atomic E-state index is 0.0762. The van der Waals surface area contributed by atoms with Crippen LogP contribution in [0.1, 0.15) is 41.6 Å². The second kappa shape index (κ2) is 9.03. The SMILES string of the molecule is C=CCOC1CCC(OC(=O)c2ccc(C=CC(=O)O)cc2)CC1. The van der Waals surface area contributed by atoms with Crippen LogP contribution in [0.3, 0.4) is 0 Å². The first-order valence-electron chi connectivity index (χ1n) is 8.03. The average molecular weight is 330 g/mol. The first-order chi connectivity index (χ1) is 11.6. The third-order valence-electron chi connectivity index (χ3n) is 3.91. The zero-order chi connectivity index (χ0) is 17.4. The average Bonchev–Trinajstić information content (AvgIpc) is 2.59. The van der Waals surface area contributed by atoms with Gasteiger partial charge >= 0.3 is 11.9 Å². The maximum atomic E-state index is 12.2. The molecule has 5 heteroatoms. The molecule has 0 amide bonds. The van der Waals surface area contributed by atoms with Crippen LogP contribution in [0.4, 0.5) is 0 Å². The summed E-state index contributed by atoms with van der Waals surface area (Å²) in [6, 6.07) is 6.66. The molecule has 1 fully saturated rings. The van der Waals surface area contributed by atoms with Crippen LogP contribution >= 0.6 is 0 Å². The molecule has 0 aromatic heterocycles. The number of benzene rings is 1. The van der Waals surface area contributed by atoms with Gasteiger partial charge in [0.25, 0.3) is 0 Å². The Bertz CT molecular complexity index is 595. The number of carboxylic acids is 1. The van der Waals surface area contributed by atoms with Gasteiger partial charge in [0, 0.05) is 6.08 Å². The molecule has 1 aliphatic rings. The molecule has 0 saturated heterocycles. The molecule has 0 aliphatic heterocycles. The van der Waals surface area contributed by atoms with Crippen LogP contribution in [0.25, 0.3) is 6.08 Å². The Hall–Kier alpha value is -2.40. The summed E-state index contributed by atoms with van der Waals surface area (Å²) in [4.78, 5) is 22.6. The Morgan fingerprint density at radius 2 is 1.75 bits per heavy atom. The Kier molecular flexibility index (Phi) is 6.75. The third kappa shape index (κ3) is 5.66. The van der Waals surface area contributed by atoms with Gasteiger partial charge in [-0.3, -0.25) is 0 Å². The largest absolute Gasteiger partial charge is 0.478 e. The van der Waals surface area contributed by atoms with Gasteiger partial charge in [-0.2, -0.15) is 0 Å². The smallest absolute Gasteiger partial charge is 0.338 e. The molecular formula is C19H22O5. The van der Waals surface area contributed by atoms with Crippen molar-refractivity contribution in [2.45, 2.75) is 37.9 Å². The second-order valence-electron chi connectivity index (χ2n) is 5.72. The maximum Gasteiger partial charge on any atom is 0.338 e. The summed E-state index contributed by atoms with van der Waals surface area (Å²) in [5.74, 6) is -1.36. The summed E-state index contributed by atoms with van der Waals surface area (Å²) in [5, 5.41) is 8.59. The van der Waals surface area contributed by atoms with Gasteiger partial charge in [0.2, 0.25) is 0 Å². The summed E-state index contributed by atoms with van der Waals surface area (Å²) >= 11 is 0. The van der Waals surface area contributed by atoms with Crippen LogP contribution in [-0.2, 0) is 14.3 Å². The van der Waals surface area contributed by atoms with Crippen molar-refractivity contribution in [2.24, 2.45) is 0 Å². The van der Waals surface area contributed by atoms with Gasteiger partial charge in [0.15, 0.2) is 0 Å². The lowest BCUT2D eigenvalue weighted by atomic mass is 9.95. The van der Waals surface area contributed by atoms with E-state index in [1.807, 2.05) is 0 Å². The molecule has 1 N–H and O–H groups in total. The van der Waals surface area contributed by atoms with E-state index in [0.717, 1.165) is 31.8 Å². The van der Waals surface area contributed by atoms with E-state index in [1.54, 1.807) is 30.3 Å². The number of rotatable bonds is 7. The molecule has 0 heterocycles. The normalized spacial score (nSPS) is 20.7. The second-order valence-corrected chi connectivity index (χ2v) is 5.72. The first kappa shape index (κ1) is 17.9.